The number of ether oxygens (including phenoxy) is 2. The highest BCUT2D eigenvalue weighted by Gasteiger charge is 2.17. The highest BCUT2D eigenvalue weighted by atomic mass is 16.5. The molecule has 1 aliphatic rings. The van der Waals surface area contributed by atoms with Crippen molar-refractivity contribution >= 4 is 17.6 Å². The summed E-state index contributed by atoms with van der Waals surface area (Å²) in [5, 5.41) is 11.7. The lowest BCUT2D eigenvalue weighted by molar-refractivity contribution is 0.0957. The van der Waals surface area contributed by atoms with Gasteiger partial charge in [-0.15, -0.1) is 0 Å². The highest BCUT2D eigenvalue weighted by Crippen LogP contribution is 2.29. The second-order valence-corrected chi connectivity index (χ2v) is 9.03. The summed E-state index contributed by atoms with van der Waals surface area (Å²) in [6.45, 7) is 6.12. The maximum absolute atomic E-state index is 12.7. The minimum absolute atomic E-state index is 0.138. The molecule has 0 bridgehead atoms. The van der Waals surface area contributed by atoms with Gasteiger partial charge < -0.3 is 30.7 Å². The number of urea groups is 1. The average molecular weight is 504 g/mol. The number of carbonyl (C=O) groups is 2. The van der Waals surface area contributed by atoms with E-state index in [0.29, 0.717) is 29.5 Å². The maximum Gasteiger partial charge on any atom is 0.319 e. The number of benzene rings is 2. The van der Waals surface area contributed by atoms with Gasteiger partial charge in [0.25, 0.3) is 5.91 Å². The molecule has 37 heavy (non-hydrogen) atoms. The van der Waals surface area contributed by atoms with E-state index < -0.39 is 0 Å². The van der Waals surface area contributed by atoms with E-state index >= 15 is 0 Å². The Balaban J connectivity index is 1.35. The van der Waals surface area contributed by atoms with Crippen LogP contribution >= 0.6 is 0 Å². The highest BCUT2D eigenvalue weighted by molar-refractivity contribution is 5.92. The summed E-state index contributed by atoms with van der Waals surface area (Å²) < 4.78 is 12.1. The third kappa shape index (κ3) is 7.20. The first-order chi connectivity index (χ1) is 17.9. The number of amides is 3. The molecule has 1 aliphatic heterocycles. The van der Waals surface area contributed by atoms with Gasteiger partial charge in [0.05, 0.1) is 5.69 Å². The van der Waals surface area contributed by atoms with Gasteiger partial charge in [-0.1, -0.05) is 18.2 Å². The van der Waals surface area contributed by atoms with E-state index in [1.54, 1.807) is 19.2 Å². The van der Waals surface area contributed by atoms with Crippen LogP contribution in [0.2, 0.25) is 0 Å². The molecule has 3 amide bonds. The van der Waals surface area contributed by atoms with E-state index in [4.69, 9.17) is 9.47 Å². The third-order valence-electron chi connectivity index (χ3n) is 6.07. The fourth-order valence-electron chi connectivity index (χ4n) is 4.08. The second kappa shape index (κ2) is 12.2. The first-order valence-corrected chi connectivity index (χ1v) is 12.4. The summed E-state index contributed by atoms with van der Waals surface area (Å²) in [6, 6.07) is 14.5. The number of rotatable bonds is 8. The van der Waals surface area contributed by atoms with E-state index in [1.165, 1.54) is 6.20 Å². The molecule has 0 radical (unpaired) electrons. The zero-order valence-electron chi connectivity index (χ0n) is 21.4. The molecule has 0 atom stereocenters. The lowest BCUT2D eigenvalue weighted by atomic mass is 10.1. The van der Waals surface area contributed by atoms with Gasteiger partial charge in [0, 0.05) is 25.9 Å². The van der Waals surface area contributed by atoms with Crippen molar-refractivity contribution in [2.24, 2.45) is 0 Å². The first-order valence-electron chi connectivity index (χ1n) is 12.4. The first kappa shape index (κ1) is 26.0. The van der Waals surface area contributed by atoms with E-state index in [2.05, 4.69) is 26.3 Å². The van der Waals surface area contributed by atoms with E-state index in [0.717, 1.165) is 42.6 Å². The number of piperidine rings is 1. The van der Waals surface area contributed by atoms with Gasteiger partial charge in [-0.25, -0.2) is 4.79 Å². The Morgan fingerprint density at radius 3 is 2.57 bits per heavy atom. The molecule has 0 spiro atoms. The van der Waals surface area contributed by atoms with Crippen molar-refractivity contribution in [3.05, 3.63) is 77.1 Å². The Kier molecular flexibility index (Phi) is 8.58. The van der Waals surface area contributed by atoms with Gasteiger partial charge >= 0.3 is 6.03 Å². The average Bonchev–Trinajstić information content (AvgIpc) is 2.91. The fraction of sp³-hybridized carbons (Fsp3) is 0.321. The van der Waals surface area contributed by atoms with Crippen LogP contribution in [0.4, 0.5) is 10.5 Å². The fourth-order valence-corrected chi connectivity index (χ4v) is 4.08. The predicted molar refractivity (Wildman–Crippen MR) is 142 cm³/mol. The standard InChI is InChI=1S/C28H33N5O4/c1-18-4-6-26(36-21-8-11-30-12-9-21)23(14-18)33-28(35)32-17-20-5-7-25(19(2)15-20)37-22-10-13-31-24(16-22)27(34)29-3/h4-7,10,13-16,21,30H,8-9,11-12,17H2,1-3H3,(H,29,34)(H2,32,33,35). The molecule has 0 unspecified atom stereocenters. The van der Waals surface area contributed by atoms with Crippen molar-refractivity contribution in [3.8, 4) is 17.2 Å². The number of carbonyl (C=O) groups excluding carboxylic acids is 2. The van der Waals surface area contributed by atoms with Crippen LogP contribution < -0.4 is 30.7 Å². The molecule has 2 aromatic carbocycles. The molecule has 194 valence electrons. The molecule has 1 fully saturated rings. The molecule has 9 nitrogen and oxygen atoms in total. The molecular formula is C28H33N5O4. The number of pyridine rings is 1. The Morgan fingerprint density at radius 1 is 1.03 bits per heavy atom. The van der Waals surface area contributed by atoms with Crippen molar-refractivity contribution in [2.75, 3.05) is 25.5 Å². The van der Waals surface area contributed by atoms with Crippen molar-refractivity contribution in [1.29, 1.82) is 0 Å². The molecular weight excluding hydrogens is 470 g/mol. The van der Waals surface area contributed by atoms with Crippen LogP contribution in [0.25, 0.3) is 0 Å². The van der Waals surface area contributed by atoms with E-state index in [9.17, 15) is 9.59 Å². The lowest BCUT2D eigenvalue weighted by Gasteiger charge is -2.25. The second-order valence-electron chi connectivity index (χ2n) is 9.03. The van der Waals surface area contributed by atoms with Gasteiger partial charge in [-0.3, -0.25) is 9.78 Å². The van der Waals surface area contributed by atoms with Gasteiger partial charge in [0.1, 0.15) is 29.0 Å². The van der Waals surface area contributed by atoms with Crippen molar-refractivity contribution in [3.63, 3.8) is 0 Å². The zero-order valence-corrected chi connectivity index (χ0v) is 21.4. The smallest absolute Gasteiger partial charge is 0.319 e. The zero-order chi connectivity index (χ0) is 26.2. The minimum atomic E-state index is -0.308. The Hall–Kier alpha value is -4.11. The van der Waals surface area contributed by atoms with Crippen molar-refractivity contribution in [1.82, 2.24) is 20.9 Å². The number of aromatic nitrogens is 1. The largest absolute Gasteiger partial charge is 0.488 e. The molecule has 0 saturated carbocycles. The summed E-state index contributed by atoms with van der Waals surface area (Å²) >= 11 is 0. The van der Waals surface area contributed by atoms with Crippen LogP contribution in [-0.2, 0) is 6.54 Å². The number of hydrogen-bond acceptors (Lipinski definition) is 6. The van der Waals surface area contributed by atoms with Gasteiger partial charge in [0.2, 0.25) is 0 Å². The van der Waals surface area contributed by atoms with Crippen molar-refractivity contribution < 1.29 is 19.1 Å². The number of anilines is 1. The quantitative estimate of drug-likeness (QED) is 0.365. The SMILES string of the molecule is CNC(=O)c1cc(Oc2ccc(CNC(=O)Nc3cc(C)ccc3OC3CCNCC3)cc2C)ccn1. The van der Waals surface area contributed by atoms with Gasteiger partial charge in [0.15, 0.2) is 0 Å². The van der Waals surface area contributed by atoms with E-state index in [-0.39, 0.29) is 23.7 Å². The normalized spacial score (nSPS) is 13.5. The van der Waals surface area contributed by atoms with Crippen LogP contribution in [0.15, 0.2) is 54.7 Å². The maximum atomic E-state index is 12.7. The van der Waals surface area contributed by atoms with Crippen LogP contribution in [0.5, 0.6) is 17.2 Å². The van der Waals surface area contributed by atoms with Crippen LogP contribution in [0, 0.1) is 13.8 Å². The summed E-state index contributed by atoms with van der Waals surface area (Å²) in [4.78, 5) is 28.6. The minimum Gasteiger partial charge on any atom is -0.488 e. The van der Waals surface area contributed by atoms with E-state index in [1.807, 2.05) is 50.2 Å². The third-order valence-corrected chi connectivity index (χ3v) is 6.07. The number of nitrogens with zero attached hydrogens (tertiary/aromatic N) is 1. The van der Waals surface area contributed by atoms with Crippen LogP contribution in [0.1, 0.15) is 40.0 Å². The Labute approximate surface area is 217 Å². The van der Waals surface area contributed by atoms with Crippen molar-refractivity contribution in [2.45, 2.75) is 39.3 Å². The van der Waals surface area contributed by atoms with Gasteiger partial charge in [-0.2, -0.15) is 0 Å². The topological polar surface area (TPSA) is 114 Å². The Morgan fingerprint density at radius 2 is 1.81 bits per heavy atom. The summed E-state index contributed by atoms with van der Waals surface area (Å²) in [5.41, 5.74) is 3.80. The molecule has 1 saturated heterocycles. The lowest BCUT2D eigenvalue weighted by Crippen LogP contribution is -2.34. The predicted octanol–water partition coefficient (Wildman–Crippen LogP) is 4.30. The number of hydrogen-bond donors (Lipinski definition) is 4. The molecule has 9 heteroatoms. The molecule has 1 aromatic heterocycles. The molecule has 4 N–H and O–H groups in total. The summed E-state index contributed by atoms with van der Waals surface area (Å²) in [6.07, 6.45) is 3.55. The monoisotopic (exact) mass is 503 g/mol. The number of aryl methyl sites for hydroxylation is 2. The Bertz CT molecular complexity index is 1260. The van der Waals surface area contributed by atoms with Crippen LogP contribution in [0.3, 0.4) is 0 Å². The number of nitrogens with one attached hydrogen (secondary N) is 4. The summed E-state index contributed by atoms with van der Waals surface area (Å²) in [5.74, 6) is 1.57. The summed E-state index contributed by atoms with van der Waals surface area (Å²) in [7, 11) is 1.55. The molecule has 3 aromatic rings. The molecule has 0 aliphatic carbocycles. The molecule has 2 heterocycles. The van der Waals surface area contributed by atoms with Crippen LogP contribution in [-0.4, -0.2) is 43.2 Å². The van der Waals surface area contributed by atoms with Gasteiger partial charge in [-0.05, 0) is 80.7 Å². The molecule has 4 rings (SSSR count).